The normalized spacial score (nSPS) is 13.4. The van der Waals surface area contributed by atoms with Crippen LogP contribution in [0.1, 0.15) is 12.5 Å². The lowest BCUT2D eigenvalue weighted by atomic mass is 10.0. The fourth-order valence-corrected chi connectivity index (χ4v) is 3.73. The van der Waals surface area contributed by atoms with Crippen LogP contribution in [-0.2, 0) is 9.59 Å². The van der Waals surface area contributed by atoms with Crippen LogP contribution in [0.4, 0.5) is 15.8 Å². The highest BCUT2D eigenvalue weighted by molar-refractivity contribution is 6.46. The van der Waals surface area contributed by atoms with Gasteiger partial charge in [-0.05, 0) is 48.9 Å². The molecule has 2 amide bonds. The van der Waals surface area contributed by atoms with Crippen molar-refractivity contribution in [3.8, 4) is 17.2 Å². The Kier molecular flexibility index (Phi) is 6.49. The van der Waals surface area contributed by atoms with Crippen LogP contribution < -0.4 is 24.4 Å². The predicted octanol–water partition coefficient (Wildman–Crippen LogP) is 4.64. The van der Waals surface area contributed by atoms with E-state index in [4.69, 9.17) is 14.2 Å². The van der Waals surface area contributed by atoms with Crippen LogP contribution in [0.25, 0.3) is 5.57 Å². The van der Waals surface area contributed by atoms with E-state index in [2.05, 4.69) is 5.32 Å². The Bertz CT molecular complexity index is 1290. The third-order valence-corrected chi connectivity index (χ3v) is 5.26. The molecule has 0 atom stereocenters. The summed E-state index contributed by atoms with van der Waals surface area (Å²) in [5, 5.41) is 3.05. The second kappa shape index (κ2) is 9.66. The molecule has 4 rings (SSSR count). The fraction of sp³-hybridized carbons (Fsp3) is 0.154. The van der Waals surface area contributed by atoms with E-state index < -0.39 is 17.6 Å². The van der Waals surface area contributed by atoms with Gasteiger partial charge in [0.15, 0.2) is 11.5 Å². The Hall–Kier alpha value is -4.33. The zero-order valence-corrected chi connectivity index (χ0v) is 18.9. The summed E-state index contributed by atoms with van der Waals surface area (Å²) >= 11 is 0. The van der Waals surface area contributed by atoms with Crippen molar-refractivity contribution in [2.75, 3.05) is 31.0 Å². The van der Waals surface area contributed by atoms with Gasteiger partial charge in [-0.15, -0.1) is 0 Å². The molecule has 1 aliphatic heterocycles. The molecule has 34 heavy (non-hydrogen) atoms. The SMILES string of the molecule is CCOc1cccc(NC2=C(c3ccc(OC)c(OC)c3)C(=O)N(c3ccccc3F)C2=O)c1. The number of carbonyl (C=O) groups excluding carboxylic acids is 2. The zero-order valence-electron chi connectivity index (χ0n) is 18.9. The summed E-state index contributed by atoms with van der Waals surface area (Å²) in [7, 11) is 2.97. The van der Waals surface area contributed by atoms with Crippen LogP contribution in [0.3, 0.4) is 0 Å². The lowest BCUT2D eigenvalue weighted by Crippen LogP contribution is -2.33. The van der Waals surface area contributed by atoms with E-state index in [9.17, 15) is 14.0 Å². The highest BCUT2D eigenvalue weighted by Gasteiger charge is 2.41. The van der Waals surface area contributed by atoms with Crippen molar-refractivity contribution < 1.29 is 28.2 Å². The number of nitrogens with zero attached hydrogens (tertiary/aromatic N) is 1. The number of halogens is 1. The van der Waals surface area contributed by atoms with Gasteiger partial charge in [0.2, 0.25) is 0 Å². The third-order valence-electron chi connectivity index (χ3n) is 5.26. The number of hydrogen-bond acceptors (Lipinski definition) is 6. The standard InChI is InChI=1S/C26H23FN2O5/c1-4-34-18-9-7-8-17(15-18)28-24-23(16-12-13-21(32-2)22(14-16)33-3)25(30)29(26(24)31)20-11-6-5-10-19(20)27/h5-15,28H,4H2,1-3H3. The molecule has 0 spiro atoms. The van der Waals surface area contributed by atoms with Gasteiger partial charge < -0.3 is 19.5 Å². The fourth-order valence-electron chi connectivity index (χ4n) is 3.73. The summed E-state index contributed by atoms with van der Waals surface area (Å²) in [6.07, 6.45) is 0. The number of amides is 2. The minimum Gasteiger partial charge on any atom is -0.494 e. The van der Waals surface area contributed by atoms with Crippen LogP contribution in [-0.4, -0.2) is 32.6 Å². The second-order valence-electron chi connectivity index (χ2n) is 7.30. The monoisotopic (exact) mass is 462 g/mol. The molecule has 0 bridgehead atoms. The van der Waals surface area contributed by atoms with Gasteiger partial charge in [-0.3, -0.25) is 9.59 Å². The molecule has 0 aliphatic carbocycles. The van der Waals surface area contributed by atoms with Gasteiger partial charge in [-0.25, -0.2) is 9.29 Å². The van der Waals surface area contributed by atoms with Gasteiger partial charge in [-0.1, -0.05) is 24.3 Å². The van der Waals surface area contributed by atoms with E-state index in [1.807, 2.05) is 6.92 Å². The molecule has 0 unspecified atom stereocenters. The van der Waals surface area contributed by atoms with Gasteiger partial charge in [-0.2, -0.15) is 0 Å². The highest BCUT2D eigenvalue weighted by atomic mass is 19.1. The molecule has 3 aromatic carbocycles. The van der Waals surface area contributed by atoms with Crippen molar-refractivity contribution in [1.82, 2.24) is 0 Å². The Balaban J connectivity index is 1.85. The van der Waals surface area contributed by atoms with Crippen molar-refractivity contribution in [1.29, 1.82) is 0 Å². The highest BCUT2D eigenvalue weighted by Crippen LogP contribution is 2.38. The van der Waals surface area contributed by atoms with E-state index in [0.717, 1.165) is 4.90 Å². The smallest absolute Gasteiger partial charge is 0.282 e. The van der Waals surface area contributed by atoms with Crippen LogP contribution in [0.15, 0.2) is 72.4 Å². The van der Waals surface area contributed by atoms with Crippen molar-refractivity contribution in [2.24, 2.45) is 0 Å². The first-order chi connectivity index (χ1) is 16.5. The first kappa shape index (κ1) is 22.8. The number of ether oxygens (including phenoxy) is 3. The second-order valence-corrected chi connectivity index (χ2v) is 7.30. The van der Waals surface area contributed by atoms with Gasteiger partial charge >= 0.3 is 0 Å². The number of hydrogen-bond donors (Lipinski definition) is 1. The van der Waals surface area contributed by atoms with E-state index in [0.29, 0.717) is 35.1 Å². The Morgan fingerprint density at radius 2 is 1.65 bits per heavy atom. The number of rotatable bonds is 8. The van der Waals surface area contributed by atoms with Gasteiger partial charge in [0.25, 0.3) is 11.8 Å². The predicted molar refractivity (Wildman–Crippen MR) is 127 cm³/mol. The first-order valence-corrected chi connectivity index (χ1v) is 10.6. The number of methoxy groups -OCH3 is 2. The molecule has 0 saturated heterocycles. The minimum atomic E-state index is -0.685. The summed E-state index contributed by atoms with van der Waals surface area (Å²) in [6.45, 7) is 2.34. The van der Waals surface area contributed by atoms with Crippen LogP contribution >= 0.6 is 0 Å². The largest absolute Gasteiger partial charge is 0.494 e. The summed E-state index contributed by atoms with van der Waals surface area (Å²) < 4.78 is 30.8. The summed E-state index contributed by atoms with van der Waals surface area (Å²) in [4.78, 5) is 27.8. The molecular weight excluding hydrogens is 439 g/mol. The van der Waals surface area contributed by atoms with Gasteiger partial charge in [0.05, 0.1) is 32.1 Å². The van der Waals surface area contributed by atoms with Crippen molar-refractivity contribution in [2.45, 2.75) is 6.92 Å². The molecule has 1 heterocycles. The van der Waals surface area contributed by atoms with Crippen LogP contribution in [0.5, 0.6) is 17.2 Å². The summed E-state index contributed by atoms with van der Waals surface area (Å²) in [6, 6.07) is 17.5. The number of para-hydroxylation sites is 1. The van der Waals surface area contributed by atoms with Crippen molar-refractivity contribution in [3.05, 3.63) is 83.8 Å². The lowest BCUT2D eigenvalue weighted by Gasteiger charge is -2.16. The first-order valence-electron chi connectivity index (χ1n) is 10.6. The molecule has 174 valence electrons. The van der Waals surface area contributed by atoms with Crippen LogP contribution in [0.2, 0.25) is 0 Å². The zero-order chi connectivity index (χ0) is 24.2. The summed E-state index contributed by atoms with van der Waals surface area (Å²) in [5.41, 5.74) is 0.911. The van der Waals surface area contributed by atoms with Gasteiger partial charge in [0, 0.05) is 11.8 Å². The summed E-state index contributed by atoms with van der Waals surface area (Å²) in [5.74, 6) is -0.574. The number of nitrogens with one attached hydrogen (secondary N) is 1. The Morgan fingerprint density at radius 3 is 2.35 bits per heavy atom. The number of carbonyl (C=O) groups is 2. The van der Waals surface area contributed by atoms with E-state index in [-0.39, 0.29) is 17.0 Å². The quantitative estimate of drug-likeness (QED) is 0.492. The average Bonchev–Trinajstić information content (AvgIpc) is 3.08. The molecule has 3 aromatic rings. The van der Waals surface area contributed by atoms with Crippen LogP contribution in [0, 0.1) is 5.82 Å². The van der Waals surface area contributed by atoms with Crippen molar-refractivity contribution >= 4 is 28.8 Å². The Morgan fingerprint density at radius 1 is 0.882 bits per heavy atom. The number of imide groups is 1. The van der Waals surface area contributed by atoms with Gasteiger partial charge in [0.1, 0.15) is 17.3 Å². The molecule has 8 heteroatoms. The third kappa shape index (κ3) is 4.17. The van der Waals surface area contributed by atoms with E-state index in [1.54, 1.807) is 48.5 Å². The maximum absolute atomic E-state index is 14.6. The van der Waals surface area contributed by atoms with Crippen molar-refractivity contribution in [3.63, 3.8) is 0 Å². The Labute approximate surface area is 196 Å². The maximum Gasteiger partial charge on any atom is 0.282 e. The van der Waals surface area contributed by atoms with E-state index in [1.165, 1.54) is 32.4 Å². The molecule has 7 nitrogen and oxygen atoms in total. The molecular formula is C26H23FN2O5. The number of anilines is 2. The van der Waals surface area contributed by atoms with E-state index >= 15 is 0 Å². The molecule has 1 aliphatic rings. The molecule has 1 N–H and O–H groups in total. The number of benzene rings is 3. The lowest BCUT2D eigenvalue weighted by molar-refractivity contribution is -0.120. The maximum atomic E-state index is 14.6. The average molecular weight is 462 g/mol. The minimum absolute atomic E-state index is 0.00845. The molecule has 0 radical (unpaired) electrons. The molecule has 0 aromatic heterocycles. The topological polar surface area (TPSA) is 77.1 Å². The molecule has 0 fully saturated rings. The molecule has 0 saturated carbocycles.